The molecular weight excluding hydrogens is 250 g/mol. The number of ketones is 1. The molecule has 18 heavy (non-hydrogen) atoms. The average Bonchev–Trinajstić information content (AvgIpc) is 2.74. The first kappa shape index (κ1) is 15.2. The van der Waals surface area contributed by atoms with Crippen LogP contribution in [-0.4, -0.2) is 22.1 Å². The fourth-order valence-corrected chi connectivity index (χ4v) is 2.36. The molecule has 0 spiro atoms. The van der Waals surface area contributed by atoms with Crippen LogP contribution >= 0.6 is 11.6 Å². The highest BCUT2D eigenvalue weighted by Crippen LogP contribution is 2.33. The van der Waals surface area contributed by atoms with Crippen LogP contribution in [-0.2, 0) is 0 Å². The van der Waals surface area contributed by atoms with E-state index in [1.165, 1.54) is 6.20 Å². The monoisotopic (exact) mass is 271 g/mol. The van der Waals surface area contributed by atoms with Crippen LogP contribution in [0.25, 0.3) is 0 Å². The smallest absolute Gasteiger partial charge is 0.189 e. The molecule has 4 nitrogen and oxygen atoms in total. The largest absolute Gasteiger partial charge is 0.329 e. The number of Topliss-reactive ketones (excluding diaryl/α,β-unsaturated/α-hetero) is 1. The van der Waals surface area contributed by atoms with E-state index in [1.807, 2.05) is 27.7 Å². The first-order valence-electron chi connectivity index (χ1n) is 6.41. The van der Waals surface area contributed by atoms with Gasteiger partial charge in [0.25, 0.3) is 0 Å². The normalized spacial score (nSPS) is 12.2. The van der Waals surface area contributed by atoms with E-state index in [9.17, 15) is 4.79 Å². The third kappa shape index (κ3) is 2.45. The summed E-state index contributed by atoms with van der Waals surface area (Å²) in [6.07, 6.45) is 2.94. The van der Waals surface area contributed by atoms with Gasteiger partial charge in [-0.25, -0.2) is 0 Å². The Morgan fingerprint density at radius 2 is 2.06 bits per heavy atom. The van der Waals surface area contributed by atoms with Gasteiger partial charge in [-0.05, 0) is 26.7 Å². The Morgan fingerprint density at radius 3 is 2.44 bits per heavy atom. The van der Waals surface area contributed by atoms with Gasteiger partial charge in [-0.1, -0.05) is 25.4 Å². The van der Waals surface area contributed by atoms with Crippen molar-refractivity contribution in [3.05, 3.63) is 16.9 Å². The third-order valence-corrected chi connectivity index (χ3v) is 3.96. The molecule has 1 aromatic rings. The molecule has 0 unspecified atom stereocenters. The summed E-state index contributed by atoms with van der Waals surface area (Å²) in [5.41, 5.74) is 5.77. The molecule has 0 radical (unpaired) electrons. The maximum absolute atomic E-state index is 12.7. The number of nitrogens with two attached hydrogens (primary N) is 1. The van der Waals surface area contributed by atoms with Crippen molar-refractivity contribution in [3.63, 3.8) is 0 Å². The molecule has 0 amide bonds. The van der Waals surface area contributed by atoms with Crippen LogP contribution in [0.5, 0.6) is 0 Å². The van der Waals surface area contributed by atoms with Gasteiger partial charge in [-0.2, -0.15) is 5.10 Å². The fourth-order valence-electron chi connectivity index (χ4n) is 2.15. The highest BCUT2D eigenvalue weighted by molar-refractivity contribution is 6.33. The van der Waals surface area contributed by atoms with Crippen molar-refractivity contribution in [2.45, 2.75) is 46.6 Å². The summed E-state index contributed by atoms with van der Waals surface area (Å²) in [6, 6.07) is 0.0978. The molecule has 0 aromatic carbocycles. The molecule has 0 aliphatic heterocycles. The first-order chi connectivity index (χ1) is 8.43. The molecule has 2 N–H and O–H groups in total. The molecule has 1 rings (SSSR count). The number of carbonyl (C=O) groups excluding carboxylic acids is 1. The Balaban J connectivity index is 3.29. The Morgan fingerprint density at radius 1 is 1.50 bits per heavy atom. The van der Waals surface area contributed by atoms with Crippen LogP contribution in [0.15, 0.2) is 6.20 Å². The number of rotatable bonds is 6. The first-order valence-corrected chi connectivity index (χ1v) is 6.79. The van der Waals surface area contributed by atoms with Crippen molar-refractivity contribution in [2.75, 3.05) is 6.54 Å². The van der Waals surface area contributed by atoms with Gasteiger partial charge in [0, 0.05) is 18.0 Å². The van der Waals surface area contributed by atoms with Gasteiger partial charge in [0.1, 0.15) is 5.69 Å². The predicted octanol–water partition coefficient (Wildman–Crippen LogP) is 3.07. The van der Waals surface area contributed by atoms with Gasteiger partial charge in [0.2, 0.25) is 0 Å². The molecule has 0 atom stereocenters. The van der Waals surface area contributed by atoms with E-state index in [4.69, 9.17) is 17.3 Å². The number of halogens is 1. The molecule has 0 aliphatic carbocycles. The van der Waals surface area contributed by atoms with Gasteiger partial charge in [0.15, 0.2) is 5.78 Å². The van der Waals surface area contributed by atoms with Crippen LogP contribution < -0.4 is 5.73 Å². The Kier molecular flexibility index (Phi) is 4.93. The topological polar surface area (TPSA) is 60.9 Å². The lowest BCUT2D eigenvalue weighted by Crippen LogP contribution is -2.39. The number of aromatic nitrogens is 2. The van der Waals surface area contributed by atoms with E-state index in [1.54, 1.807) is 4.68 Å². The minimum Gasteiger partial charge on any atom is -0.329 e. The van der Waals surface area contributed by atoms with Crippen LogP contribution in [0.3, 0.4) is 0 Å². The lowest BCUT2D eigenvalue weighted by Gasteiger charge is -2.29. The summed E-state index contributed by atoms with van der Waals surface area (Å²) in [5, 5.41) is 4.59. The van der Waals surface area contributed by atoms with Crippen molar-refractivity contribution in [2.24, 2.45) is 11.1 Å². The zero-order valence-electron chi connectivity index (χ0n) is 11.5. The maximum atomic E-state index is 12.7. The second kappa shape index (κ2) is 5.85. The lowest BCUT2D eigenvalue weighted by atomic mass is 9.77. The molecule has 0 aliphatic rings. The highest BCUT2D eigenvalue weighted by atomic mass is 35.5. The number of hydrogen-bond acceptors (Lipinski definition) is 3. The van der Waals surface area contributed by atoms with Crippen molar-refractivity contribution in [1.29, 1.82) is 0 Å². The maximum Gasteiger partial charge on any atom is 0.189 e. The van der Waals surface area contributed by atoms with E-state index in [0.29, 0.717) is 30.1 Å². The second-order valence-electron chi connectivity index (χ2n) is 4.90. The van der Waals surface area contributed by atoms with E-state index in [2.05, 4.69) is 5.10 Å². The highest BCUT2D eigenvalue weighted by Gasteiger charge is 2.37. The van der Waals surface area contributed by atoms with Gasteiger partial charge in [-0.3, -0.25) is 9.48 Å². The zero-order chi connectivity index (χ0) is 13.9. The average molecular weight is 272 g/mol. The molecule has 0 bridgehead atoms. The van der Waals surface area contributed by atoms with Crippen molar-refractivity contribution in [3.8, 4) is 0 Å². The Hall–Kier alpha value is -0.870. The second-order valence-corrected chi connectivity index (χ2v) is 5.31. The minimum absolute atomic E-state index is 0.00574. The van der Waals surface area contributed by atoms with Crippen LogP contribution in [0.4, 0.5) is 0 Å². The van der Waals surface area contributed by atoms with E-state index < -0.39 is 5.41 Å². The van der Waals surface area contributed by atoms with Crippen LogP contribution in [0, 0.1) is 5.41 Å². The van der Waals surface area contributed by atoms with E-state index in [-0.39, 0.29) is 11.8 Å². The zero-order valence-corrected chi connectivity index (χ0v) is 12.3. The summed E-state index contributed by atoms with van der Waals surface area (Å²) in [4.78, 5) is 12.7. The molecule has 1 aromatic heterocycles. The molecule has 0 saturated carbocycles. The van der Waals surface area contributed by atoms with Gasteiger partial charge in [0.05, 0.1) is 11.2 Å². The molecule has 0 fully saturated rings. The van der Waals surface area contributed by atoms with Crippen LogP contribution in [0.2, 0.25) is 5.02 Å². The summed E-state index contributed by atoms with van der Waals surface area (Å²) in [6.45, 7) is 8.25. The summed E-state index contributed by atoms with van der Waals surface area (Å²) < 4.78 is 1.68. The number of carbonyl (C=O) groups is 1. The quantitative estimate of drug-likeness (QED) is 0.809. The Labute approximate surface area is 113 Å². The standard InChI is InChI=1S/C13H22ClN3O/c1-5-13(6-2,8-15)12(18)11-10(14)7-16-17(11)9(3)4/h7,9H,5-6,8,15H2,1-4H3. The summed E-state index contributed by atoms with van der Waals surface area (Å²) in [5.74, 6) is 0.00574. The molecule has 102 valence electrons. The van der Waals surface area contributed by atoms with Gasteiger partial charge >= 0.3 is 0 Å². The molecule has 1 heterocycles. The van der Waals surface area contributed by atoms with Crippen molar-refractivity contribution in [1.82, 2.24) is 9.78 Å². The lowest BCUT2D eigenvalue weighted by molar-refractivity contribution is 0.0773. The Bertz CT molecular complexity index is 414. The minimum atomic E-state index is -0.531. The van der Waals surface area contributed by atoms with E-state index >= 15 is 0 Å². The summed E-state index contributed by atoms with van der Waals surface area (Å²) in [7, 11) is 0. The van der Waals surface area contributed by atoms with E-state index in [0.717, 1.165) is 0 Å². The number of nitrogens with zero attached hydrogens (tertiary/aromatic N) is 2. The van der Waals surface area contributed by atoms with Crippen molar-refractivity contribution < 1.29 is 4.79 Å². The SMILES string of the molecule is CCC(CC)(CN)C(=O)c1c(Cl)cnn1C(C)C. The molecule has 0 saturated heterocycles. The summed E-state index contributed by atoms with van der Waals surface area (Å²) >= 11 is 6.12. The number of hydrogen-bond donors (Lipinski definition) is 1. The van der Waals surface area contributed by atoms with Gasteiger partial charge < -0.3 is 5.73 Å². The molecular formula is C13H22ClN3O. The van der Waals surface area contributed by atoms with Crippen molar-refractivity contribution >= 4 is 17.4 Å². The fraction of sp³-hybridized carbons (Fsp3) is 0.692. The van der Waals surface area contributed by atoms with Crippen LogP contribution in [0.1, 0.15) is 57.1 Å². The molecule has 5 heteroatoms. The third-order valence-electron chi connectivity index (χ3n) is 3.68. The predicted molar refractivity (Wildman–Crippen MR) is 74.0 cm³/mol. The van der Waals surface area contributed by atoms with Gasteiger partial charge in [-0.15, -0.1) is 0 Å².